The lowest BCUT2D eigenvalue weighted by Gasteiger charge is -2.11. The molecule has 0 unspecified atom stereocenters. The molecular weight excluding hydrogens is 236 g/mol. The molecule has 0 N–H and O–H groups in total. The van der Waals surface area contributed by atoms with Gasteiger partial charge in [0.2, 0.25) is 0 Å². The number of ether oxygens (including phenoxy) is 1. The topological polar surface area (TPSA) is 26.3 Å². The van der Waals surface area contributed by atoms with E-state index in [-0.39, 0.29) is 5.78 Å². The van der Waals surface area contributed by atoms with Gasteiger partial charge in [-0.15, -0.1) is 0 Å². The average Bonchev–Trinajstić information content (AvgIpc) is 2.54. The normalized spacial score (nSPS) is 16.4. The van der Waals surface area contributed by atoms with Gasteiger partial charge < -0.3 is 4.74 Å². The molecular formula is C14H15ClO2. The summed E-state index contributed by atoms with van der Waals surface area (Å²) in [5.74, 6) is 0.967. The van der Waals surface area contributed by atoms with Gasteiger partial charge in [0.15, 0.2) is 5.78 Å². The van der Waals surface area contributed by atoms with Crippen LogP contribution in [0.2, 0.25) is 5.02 Å². The number of halogens is 1. The van der Waals surface area contributed by atoms with Crippen LogP contribution in [0.1, 0.15) is 31.2 Å². The number of hydrogen-bond acceptors (Lipinski definition) is 2. The summed E-state index contributed by atoms with van der Waals surface area (Å²) >= 11 is 6.00. The Labute approximate surface area is 106 Å². The molecule has 2 nitrogen and oxygen atoms in total. The Morgan fingerprint density at radius 2 is 2.00 bits per heavy atom. The third-order valence-electron chi connectivity index (χ3n) is 2.96. The van der Waals surface area contributed by atoms with E-state index in [1.165, 1.54) is 0 Å². The molecule has 0 radical (unpaired) electrons. The molecule has 0 bridgehead atoms. The molecule has 2 rings (SSSR count). The summed E-state index contributed by atoms with van der Waals surface area (Å²) in [7, 11) is 1.63. The van der Waals surface area contributed by atoms with E-state index in [2.05, 4.69) is 0 Å². The Hall–Kier alpha value is -1.28. The Morgan fingerprint density at radius 3 is 2.76 bits per heavy atom. The van der Waals surface area contributed by atoms with Gasteiger partial charge in [0.1, 0.15) is 5.75 Å². The Morgan fingerprint density at radius 1 is 1.24 bits per heavy atom. The molecule has 1 aliphatic carbocycles. The van der Waals surface area contributed by atoms with Gasteiger partial charge >= 0.3 is 0 Å². The predicted octanol–water partition coefficient (Wildman–Crippen LogP) is 3.88. The van der Waals surface area contributed by atoms with Crippen LogP contribution in [0.15, 0.2) is 24.3 Å². The largest absolute Gasteiger partial charge is 0.496 e. The minimum atomic E-state index is 0.194. The van der Waals surface area contributed by atoms with Crippen LogP contribution in [0.3, 0.4) is 0 Å². The van der Waals surface area contributed by atoms with Crippen molar-refractivity contribution in [2.45, 2.75) is 25.7 Å². The van der Waals surface area contributed by atoms with Crippen LogP contribution in [0.5, 0.6) is 5.75 Å². The van der Waals surface area contributed by atoms with Crippen molar-refractivity contribution in [1.29, 1.82) is 0 Å². The maximum atomic E-state index is 11.6. The van der Waals surface area contributed by atoms with Gasteiger partial charge in [0.05, 0.1) is 7.11 Å². The van der Waals surface area contributed by atoms with Crippen molar-refractivity contribution < 1.29 is 9.53 Å². The van der Waals surface area contributed by atoms with E-state index in [1.54, 1.807) is 19.3 Å². The van der Waals surface area contributed by atoms with Crippen LogP contribution < -0.4 is 4.74 Å². The smallest absolute Gasteiger partial charge is 0.155 e. The lowest BCUT2D eigenvalue weighted by atomic mass is 10.0. The number of rotatable bonds is 2. The van der Waals surface area contributed by atoms with Crippen molar-refractivity contribution in [3.05, 3.63) is 34.9 Å². The van der Waals surface area contributed by atoms with Crippen molar-refractivity contribution in [2.24, 2.45) is 0 Å². The molecule has 1 aliphatic rings. The van der Waals surface area contributed by atoms with Crippen LogP contribution in [0, 0.1) is 0 Å². The molecule has 0 heterocycles. The maximum Gasteiger partial charge on any atom is 0.155 e. The van der Waals surface area contributed by atoms with E-state index >= 15 is 0 Å². The molecule has 3 heteroatoms. The van der Waals surface area contributed by atoms with E-state index in [9.17, 15) is 4.79 Å². The lowest BCUT2D eigenvalue weighted by Crippen LogP contribution is -1.94. The zero-order chi connectivity index (χ0) is 12.3. The van der Waals surface area contributed by atoms with Crippen molar-refractivity contribution in [3.63, 3.8) is 0 Å². The summed E-state index contributed by atoms with van der Waals surface area (Å²) in [6.45, 7) is 0. The summed E-state index contributed by atoms with van der Waals surface area (Å²) in [5, 5.41) is 0.665. The first-order valence-corrected chi connectivity index (χ1v) is 6.16. The van der Waals surface area contributed by atoms with Gasteiger partial charge in [-0.2, -0.15) is 0 Å². The van der Waals surface area contributed by atoms with Crippen LogP contribution in [0.4, 0.5) is 0 Å². The second kappa shape index (κ2) is 5.37. The molecule has 17 heavy (non-hydrogen) atoms. The van der Waals surface area contributed by atoms with Gasteiger partial charge in [0, 0.05) is 17.0 Å². The first-order valence-electron chi connectivity index (χ1n) is 5.78. The van der Waals surface area contributed by atoms with Crippen molar-refractivity contribution in [3.8, 4) is 5.75 Å². The van der Waals surface area contributed by atoms with E-state index in [0.29, 0.717) is 11.4 Å². The van der Waals surface area contributed by atoms with Gasteiger partial charge in [-0.3, -0.25) is 4.79 Å². The second-order valence-corrected chi connectivity index (χ2v) is 4.62. The molecule has 1 aromatic carbocycles. The van der Waals surface area contributed by atoms with Crippen molar-refractivity contribution in [1.82, 2.24) is 0 Å². The fourth-order valence-corrected chi connectivity index (χ4v) is 2.27. The number of hydrogen-bond donors (Lipinski definition) is 0. The Balaban J connectivity index is 2.44. The summed E-state index contributed by atoms with van der Waals surface area (Å²) < 4.78 is 5.32. The number of carbonyl (C=O) groups is 1. The van der Waals surface area contributed by atoms with E-state index < -0.39 is 0 Å². The van der Waals surface area contributed by atoms with Crippen molar-refractivity contribution >= 4 is 23.0 Å². The standard InChI is InChI=1S/C14H15ClO2/c1-17-14-7-6-11(15)9-13(14)10-4-2-3-5-12(16)8-10/h6-9H,2-5H2,1H3. The van der Waals surface area contributed by atoms with Gasteiger partial charge in [-0.05, 0) is 49.1 Å². The first kappa shape index (κ1) is 12.2. The second-order valence-electron chi connectivity index (χ2n) is 4.19. The molecule has 0 spiro atoms. The summed E-state index contributed by atoms with van der Waals surface area (Å²) in [4.78, 5) is 11.6. The predicted molar refractivity (Wildman–Crippen MR) is 69.5 cm³/mol. The zero-order valence-corrected chi connectivity index (χ0v) is 10.6. The highest BCUT2D eigenvalue weighted by Crippen LogP contribution is 2.33. The van der Waals surface area contributed by atoms with Crippen molar-refractivity contribution in [2.75, 3.05) is 7.11 Å². The van der Waals surface area contributed by atoms with Crippen LogP contribution >= 0.6 is 11.6 Å². The average molecular weight is 251 g/mol. The first-order chi connectivity index (χ1) is 8.20. The number of methoxy groups -OCH3 is 1. The lowest BCUT2D eigenvalue weighted by molar-refractivity contribution is -0.114. The Bertz CT molecular complexity index is 463. The molecule has 0 atom stereocenters. The monoisotopic (exact) mass is 250 g/mol. The van der Waals surface area contributed by atoms with Gasteiger partial charge in [0.25, 0.3) is 0 Å². The molecule has 0 amide bonds. The van der Waals surface area contributed by atoms with Gasteiger partial charge in [-0.1, -0.05) is 11.6 Å². The van der Waals surface area contributed by atoms with E-state index in [0.717, 1.165) is 36.1 Å². The fraction of sp³-hybridized carbons (Fsp3) is 0.357. The summed E-state index contributed by atoms with van der Waals surface area (Å²) in [5.41, 5.74) is 1.97. The highest BCUT2D eigenvalue weighted by atomic mass is 35.5. The number of carbonyl (C=O) groups excluding carboxylic acids is 1. The highest BCUT2D eigenvalue weighted by molar-refractivity contribution is 6.30. The molecule has 0 fully saturated rings. The summed E-state index contributed by atoms with van der Waals surface area (Å²) in [6.07, 6.45) is 5.28. The maximum absolute atomic E-state index is 11.6. The SMILES string of the molecule is COc1ccc(Cl)cc1C1=CC(=O)CCCC1. The van der Waals surface area contributed by atoms with Crippen LogP contribution in [-0.2, 0) is 4.79 Å². The van der Waals surface area contributed by atoms with Gasteiger partial charge in [-0.25, -0.2) is 0 Å². The minimum Gasteiger partial charge on any atom is -0.496 e. The third-order valence-corrected chi connectivity index (χ3v) is 3.20. The number of benzene rings is 1. The number of allylic oxidation sites excluding steroid dienone is 2. The van der Waals surface area contributed by atoms with Crippen LogP contribution in [0.25, 0.3) is 5.57 Å². The minimum absolute atomic E-state index is 0.194. The molecule has 0 aromatic heterocycles. The Kier molecular flexibility index (Phi) is 3.85. The molecule has 90 valence electrons. The van der Waals surface area contributed by atoms with E-state index in [1.807, 2.05) is 12.1 Å². The molecule has 0 saturated heterocycles. The van der Waals surface area contributed by atoms with Crippen LogP contribution in [-0.4, -0.2) is 12.9 Å². The molecule has 0 saturated carbocycles. The highest BCUT2D eigenvalue weighted by Gasteiger charge is 2.14. The molecule has 0 aliphatic heterocycles. The van der Waals surface area contributed by atoms with E-state index in [4.69, 9.17) is 16.3 Å². The zero-order valence-electron chi connectivity index (χ0n) is 9.83. The quantitative estimate of drug-likeness (QED) is 0.796. The fourth-order valence-electron chi connectivity index (χ4n) is 2.10. The molecule has 1 aromatic rings. The summed E-state index contributed by atoms with van der Waals surface area (Å²) in [6, 6.07) is 5.50. The number of ketones is 1. The third kappa shape index (κ3) is 2.89.